The normalized spacial score (nSPS) is 15.9. The second-order valence-electron chi connectivity index (χ2n) is 10.9. The Hall–Kier alpha value is -4.53. The van der Waals surface area contributed by atoms with Gasteiger partial charge in [0.1, 0.15) is 23.3 Å². The van der Waals surface area contributed by atoms with Crippen LogP contribution in [0.5, 0.6) is 0 Å². The van der Waals surface area contributed by atoms with Crippen molar-refractivity contribution in [3.63, 3.8) is 0 Å². The first-order chi connectivity index (χ1) is 19.7. The van der Waals surface area contributed by atoms with Crippen molar-refractivity contribution in [2.24, 2.45) is 0 Å². The van der Waals surface area contributed by atoms with Crippen LogP contribution in [0.15, 0.2) is 53.3 Å². The van der Waals surface area contributed by atoms with E-state index in [0.717, 1.165) is 44.6 Å². The summed E-state index contributed by atoms with van der Waals surface area (Å²) in [4.78, 5) is 29.7. The van der Waals surface area contributed by atoms with Crippen LogP contribution in [0.25, 0.3) is 16.6 Å². The van der Waals surface area contributed by atoms with Gasteiger partial charge in [-0.1, -0.05) is 30.3 Å². The van der Waals surface area contributed by atoms with Gasteiger partial charge in [0.25, 0.3) is 5.56 Å². The smallest absolute Gasteiger partial charge is 0.266 e. The van der Waals surface area contributed by atoms with Gasteiger partial charge in [0.2, 0.25) is 5.95 Å². The Kier molecular flexibility index (Phi) is 7.88. The lowest BCUT2D eigenvalue weighted by atomic mass is 10.0. The fourth-order valence-corrected chi connectivity index (χ4v) is 5.42. The fourth-order valence-electron chi connectivity index (χ4n) is 5.42. The third-order valence-electron chi connectivity index (χ3n) is 7.26. The molecule has 11 heteroatoms. The molecular weight excluding hydrogens is 518 g/mol. The fraction of sp³-hybridized carbons (Fsp3) is 0.367. The molecule has 0 radical (unpaired) electrons. The van der Waals surface area contributed by atoms with E-state index in [1.807, 2.05) is 61.5 Å². The molecule has 4 aromatic rings. The zero-order chi connectivity index (χ0) is 29.1. The lowest BCUT2D eigenvalue weighted by Crippen LogP contribution is -2.48. The standard InChI is InChI=1S/C30H35N9O2/c1-19(34-26-22(17-31)25(32)36-29(33)37-26)27-35-23-13-7-9-20(10-8-14-38-15-16-41-30(2,3)18-38)24(23)28(40)39(27)21-11-5-4-6-12-21/h4-7,9,11-13,19H,8,10,14-16,18H2,1-3H3,(H5,32,33,34,36,37). The number of benzene rings is 2. The molecule has 2 aromatic heterocycles. The molecule has 2 aromatic carbocycles. The number of ether oxygens (including phenoxy) is 1. The van der Waals surface area contributed by atoms with Crippen molar-refractivity contribution in [3.05, 3.63) is 75.8 Å². The van der Waals surface area contributed by atoms with Crippen LogP contribution in [0.2, 0.25) is 0 Å². The third-order valence-corrected chi connectivity index (χ3v) is 7.26. The summed E-state index contributed by atoms with van der Waals surface area (Å²) in [5.74, 6) is 0.556. The van der Waals surface area contributed by atoms with E-state index in [9.17, 15) is 10.1 Å². The number of anilines is 3. The molecule has 3 heterocycles. The Labute approximate surface area is 238 Å². The molecule has 5 rings (SSSR count). The molecule has 41 heavy (non-hydrogen) atoms. The van der Waals surface area contributed by atoms with Gasteiger partial charge in [0, 0.05) is 13.1 Å². The summed E-state index contributed by atoms with van der Waals surface area (Å²) in [6.07, 6.45) is 1.66. The molecule has 5 N–H and O–H groups in total. The molecule has 0 bridgehead atoms. The van der Waals surface area contributed by atoms with Crippen molar-refractivity contribution in [1.82, 2.24) is 24.4 Å². The predicted molar refractivity (Wildman–Crippen MR) is 160 cm³/mol. The first-order valence-electron chi connectivity index (χ1n) is 13.7. The van der Waals surface area contributed by atoms with Gasteiger partial charge in [-0.3, -0.25) is 14.3 Å². The maximum atomic E-state index is 14.3. The number of aromatic nitrogens is 4. The number of nitrogens with two attached hydrogens (primary N) is 2. The molecule has 212 valence electrons. The van der Waals surface area contributed by atoms with Crippen LogP contribution in [0, 0.1) is 11.3 Å². The Morgan fingerprint density at radius 1 is 1.12 bits per heavy atom. The van der Waals surface area contributed by atoms with Crippen LogP contribution >= 0.6 is 0 Å². The van der Waals surface area contributed by atoms with Crippen LogP contribution < -0.4 is 22.3 Å². The molecule has 0 spiro atoms. The number of hydrogen-bond acceptors (Lipinski definition) is 10. The third kappa shape index (κ3) is 5.99. The number of rotatable bonds is 8. The van der Waals surface area contributed by atoms with E-state index in [0.29, 0.717) is 22.4 Å². The molecule has 1 unspecified atom stereocenters. The number of hydrogen-bond donors (Lipinski definition) is 3. The molecular formula is C30H35N9O2. The van der Waals surface area contributed by atoms with Gasteiger partial charge in [-0.15, -0.1) is 0 Å². The second kappa shape index (κ2) is 11.5. The van der Waals surface area contributed by atoms with Crippen molar-refractivity contribution < 1.29 is 4.74 Å². The first kappa shape index (κ1) is 28.0. The number of nitrogens with one attached hydrogen (secondary N) is 1. The van der Waals surface area contributed by atoms with Crippen molar-refractivity contribution in [3.8, 4) is 11.8 Å². The maximum Gasteiger partial charge on any atom is 0.266 e. The minimum atomic E-state index is -0.540. The van der Waals surface area contributed by atoms with E-state index in [2.05, 4.69) is 34.0 Å². The van der Waals surface area contributed by atoms with E-state index in [4.69, 9.17) is 21.2 Å². The molecule has 1 aliphatic rings. The topological polar surface area (TPSA) is 161 Å². The average Bonchev–Trinajstić information content (AvgIpc) is 2.92. The van der Waals surface area contributed by atoms with Crippen molar-refractivity contribution >= 4 is 28.5 Å². The van der Waals surface area contributed by atoms with E-state index in [1.165, 1.54) is 0 Å². The molecule has 1 aliphatic heterocycles. The highest BCUT2D eigenvalue weighted by molar-refractivity contribution is 5.82. The number of nitrogen functional groups attached to an aromatic ring is 2. The minimum absolute atomic E-state index is 0.0214. The van der Waals surface area contributed by atoms with Gasteiger partial charge >= 0.3 is 0 Å². The van der Waals surface area contributed by atoms with Crippen LogP contribution in [0.1, 0.15) is 50.2 Å². The van der Waals surface area contributed by atoms with E-state index in [1.54, 1.807) is 4.57 Å². The predicted octanol–water partition coefficient (Wildman–Crippen LogP) is 3.43. The Balaban J connectivity index is 1.53. The van der Waals surface area contributed by atoms with E-state index < -0.39 is 6.04 Å². The van der Waals surface area contributed by atoms with Gasteiger partial charge in [-0.2, -0.15) is 15.2 Å². The van der Waals surface area contributed by atoms with Gasteiger partial charge in [0.15, 0.2) is 5.82 Å². The summed E-state index contributed by atoms with van der Waals surface area (Å²) in [7, 11) is 0. The molecule has 1 fully saturated rings. The van der Waals surface area contributed by atoms with E-state index in [-0.39, 0.29) is 34.3 Å². The summed E-state index contributed by atoms with van der Waals surface area (Å²) in [5.41, 5.74) is 13.7. The number of morpholine rings is 1. The number of fused-ring (bicyclic) bond motifs is 1. The van der Waals surface area contributed by atoms with Crippen LogP contribution in [0.3, 0.4) is 0 Å². The Bertz CT molecular complexity index is 1660. The van der Waals surface area contributed by atoms with Crippen molar-refractivity contribution in [2.45, 2.75) is 45.3 Å². The molecule has 0 amide bonds. The summed E-state index contributed by atoms with van der Waals surface area (Å²) < 4.78 is 7.47. The van der Waals surface area contributed by atoms with Crippen molar-refractivity contribution in [2.75, 3.05) is 43.0 Å². The highest BCUT2D eigenvalue weighted by atomic mass is 16.5. The van der Waals surface area contributed by atoms with Gasteiger partial charge in [-0.25, -0.2) is 4.98 Å². The van der Waals surface area contributed by atoms with E-state index >= 15 is 0 Å². The summed E-state index contributed by atoms with van der Waals surface area (Å²) in [6, 6.07) is 16.7. The molecule has 1 saturated heterocycles. The van der Waals surface area contributed by atoms with Crippen molar-refractivity contribution in [1.29, 1.82) is 5.26 Å². The first-order valence-corrected chi connectivity index (χ1v) is 13.7. The SMILES string of the molecule is CC(Nc1nc(N)nc(N)c1C#N)c1nc2cccc(CCCN3CCOC(C)(C)C3)c2c(=O)n1-c1ccccc1. The summed E-state index contributed by atoms with van der Waals surface area (Å²) in [6.45, 7) is 9.52. The summed E-state index contributed by atoms with van der Waals surface area (Å²) in [5, 5.41) is 13.4. The Morgan fingerprint density at radius 2 is 1.90 bits per heavy atom. The number of para-hydroxylation sites is 1. The zero-order valence-electron chi connectivity index (χ0n) is 23.6. The maximum absolute atomic E-state index is 14.3. The van der Waals surface area contributed by atoms with Gasteiger partial charge in [-0.05, 0) is 63.9 Å². The summed E-state index contributed by atoms with van der Waals surface area (Å²) >= 11 is 0. The number of nitriles is 1. The molecule has 0 aliphatic carbocycles. The molecule has 1 atom stereocenters. The Morgan fingerprint density at radius 3 is 2.63 bits per heavy atom. The molecule has 0 saturated carbocycles. The second-order valence-corrected chi connectivity index (χ2v) is 10.9. The largest absolute Gasteiger partial charge is 0.382 e. The number of aryl methyl sites for hydroxylation is 1. The minimum Gasteiger partial charge on any atom is -0.382 e. The number of nitrogens with zero attached hydrogens (tertiary/aromatic N) is 6. The van der Waals surface area contributed by atoms with Crippen LogP contribution in [-0.2, 0) is 11.2 Å². The van der Waals surface area contributed by atoms with Crippen LogP contribution in [0.4, 0.5) is 17.6 Å². The average molecular weight is 554 g/mol. The highest BCUT2D eigenvalue weighted by Gasteiger charge is 2.27. The van der Waals surface area contributed by atoms with Gasteiger partial charge < -0.3 is 21.5 Å². The quantitative estimate of drug-likeness (QED) is 0.295. The van der Waals surface area contributed by atoms with Gasteiger partial charge in [0.05, 0.1) is 34.8 Å². The molecule has 11 nitrogen and oxygen atoms in total. The lowest BCUT2D eigenvalue weighted by Gasteiger charge is -2.38. The zero-order valence-corrected chi connectivity index (χ0v) is 23.6. The van der Waals surface area contributed by atoms with Crippen LogP contribution in [-0.4, -0.2) is 56.3 Å². The monoisotopic (exact) mass is 553 g/mol. The lowest BCUT2D eigenvalue weighted by molar-refractivity contribution is -0.0859. The highest BCUT2D eigenvalue weighted by Crippen LogP contribution is 2.26.